The highest BCUT2D eigenvalue weighted by molar-refractivity contribution is 7.99. The molecule has 1 aromatic heterocycles. The number of aromatic nitrogens is 2. The fourth-order valence-electron chi connectivity index (χ4n) is 3.30. The largest absolute Gasteiger partial charge is 0.272 e. The predicted octanol–water partition coefficient (Wildman–Crippen LogP) is 5.58. The zero-order chi connectivity index (χ0) is 19.8. The molecule has 1 aliphatic heterocycles. The third kappa shape index (κ3) is 3.73. The summed E-state index contributed by atoms with van der Waals surface area (Å²) in [5, 5.41) is 0.945. The summed E-state index contributed by atoms with van der Waals surface area (Å²) in [7, 11) is 0. The van der Waals surface area contributed by atoms with Crippen molar-refractivity contribution in [2.24, 2.45) is 0 Å². The summed E-state index contributed by atoms with van der Waals surface area (Å²) >= 11 is 9.06. The van der Waals surface area contributed by atoms with Gasteiger partial charge in [0.05, 0.1) is 16.3 Å². The normalized spacial score (nSPS) is 13.0. The molecule has 0 amide bonds. The molecule has 0 atom stereocenters. The van der Waals surface area contributed by atoms with E-state index >= 15 is 0 Å². The smallest absolute Gasteiger partial charge is 0.268 e. The van der Waals surface area contributed by atoms with Crippen LogP contribution in [-0.4, -0.2) is 15.3 Å². The van der Waals surface area contributed by atoms with Crippen LogP contribution in [-0.2, 0) is 12.2 Å². The minimum atomic E-state index is -0.350. The summed E-state index contributed by atoms with van der Waals surface area (Å²) in [6, 6.07) is 10.7. The van der Waals surface area contributed by atoms with Crippen molar-refractivity contribution in [2.75, 3.05) is 5.75 Å². The number of fused-ring (bicyclic) bond motifs is 1. The van der Waals surface area contributed by atoms with Crippen molar-refractivity contribution in [1.29, 1.82) is 0 Å². The number of thioether (sulfide) groups is 2. The van der Waals surface area contributed by atoms with Crippen LogP contribution in [0.1, 0.15) is 22.4 Å². The maximum Gasteiger partial charge on any atom is 0.272 e. The first-order valence-electron chi connectivity index (χ1n) is 8.87. The van der Waals surface area contributed by atoms with Crippen molar-refractivity contribution >= 4 is 35.1 Å². The van der Waals surface area contributed by atoms with Gasteiger partial charge < -0.3 is 0 Å². The fourth-order valence-corrected chi connectivity index (χ4v) is 5.70. The second-order valence-electron chi connectivity index (χ2n) is 6.74. The van der Waals surface area contributed by atoms with Crippen molar-refractivity contribution in [1.82, 2.24) is 9.55 Å². The molecule has 0 spiro atoms. The molecule has 0 aliphatic carbocycles. The number of hydrogen-bond donors (Lipinski definition) is 0. The average molecular weight is 433 g/mol. The second kappa shape index (κ2) is 7.93. The lowest BCUT2D eigenvalue weighted by Crippen LogP contribution is -2.24. The van der Waals surface area contributed by atoms with Crippen LogP contribution in [0.4, 0.5) is 4.39 Å². The average Bonchev–Trinajstić information content (AvgIpc) is 3.09. The van der Waals surface area contributed by atoms with Gasteiger partial charge in [0.1, 0.15) is 5.82 Å². The van der Waals surface area contributed by atoms with Crippen LogP contribution in [0.5, 0.6) is 0 Å². The summed E-state index contributed by atoms with van der Waals surface area (Å²) in [5.74, 6) is 0.809. The third-order valence-electron chi connectivity index (χ3n) is 4.54. The first kappa shape index (κ1) is 19.6. The minimum absolute atomic E-state index is 0.0559. The van der Waals surface area contributed by atoms with Gasteiger partial charge in [0.2, 0.25) is 0 Å². The van der Waals surface area contributed by atoms with Crippen molar-refractivity contribution in [3.05, 3.63) is 80.0 Å². The van der Waals surface area contributed by atoms with Crippen molar-refractivity contribution in [2.45, 2.75) is 36.1 Å². The zero-order valence-electron chi connectivity index (χ0n) is 15.5. The molecule has 2 aromatic carbocycles. The molecule has 28 heavy (non-hydrogen) atoms. The molecule has 7 heteroatoms. The van der Waals surface area contributed by atoms with E-state index in [0.717, 1.165) is 34.7 Å². The third-order valence-corrected chi connectivity index (χ3v) is 6.96. The van der Waals surface area contributed by atoms with E-state index in [4.69, 9.17) is 16.6 Å². The molecule has 3 nitrogen and oxygen atoms in total. The maximum absolute atomic E-state index is 14.2. The van der Waals surface area contributed by atoms with Gasteiger partial charge >= 0.3 is 0 Å². The van der Waals surface area contributed by atoms with Gasteiger partial charge in [0.25, 0.3) is 5.56 Å². The van der Waals surface area contributed by atoms with Crippen LogP contribution in [0.3, 0.4) is 0 Å². The summed E-state index contributed by atoms with van der Waals surface area (Å²) in [5.41, 5.74) is 4.13. The number of hydrogen-bond acceptors (Lipinski definition) is 4. The number of benzene rings is 2. The van der Waals surface area contributed by atoms with Crippen LogP contribution in [0.25, 0.3) is 5.69 Å². The van der Waals surface area contributed by atoms with E-state index in [1.54, 1.807) is 28.5 Å². The van der Waals surface area contributed by atoms with E-state index in [1.165, 1.54) is 17.8 Å². The molecular formula is C21H18ClFN2OS2. The Labute approximate surface area is 176 Å². The molecular weight excluding hydrogens is 415 g/mol. The topological polar surface area (TPSA) is 34.9 Å². The molecule has 144 valence electrons. The van der Waals surface area contributed by atoms with Gasteiger partial charge in [0.15, 0.2) is 5.16 Å². The Kier molecular flexibility index (Phi) is 5.54. The zero-order valence-corrected chi connectivity index (χ0v) is 17.8. The van der Waals surface area contributed by atoms with Crippen LogP contribution < -0.4 is 5.56 Å². The van der Waals surface area contributed by atoms with E-state index in [1.807, 2.05) is 26.0 Å². The molecule has 2 heterocycles. The van der Waals surface area contributed by atoms with Gasteiger partial charge in [-0.3, -0.25) is 9.36 Å². The lowest BCUT2D eigenvalue weighted by Gasteiger charge is -2.15. The lowest BCUT2D eigenvalue weighted by molar-refractivity contribution is 0.617. The molecule has 3 aromatic rings. The molecule has 0 radical (unpaired) electrons. The molecule has 0 bridgehead atoms. The van der Waals surface area contributed by atoms with Crippen LogP contribution in [0.2, 0.25) is 5.02 Å². The van der Waals surface area contributed by atoms with Gasteiger partial charge in [-0.05, 0) is 49.2 Å². The Morgan fingerprint density at radius 1 is 1.25 bits per heavy atom. The molecule has 0 N–H and O–H groups in total. The van der Waals surface area contributed by atoms with Crippen LogP contribution in [0.15, 0.2) is 51.2 Å². The predicted molar refractivity (Wildman–Crippen MR) is 115 cm³/mol. The SMILES string of the molecule is Cc1cc(C)cc(-n2c(SCc3c(F)cccc3Cl)nc3c(c2=O)SCC3)c1. The van der Waals surface area contributed by atoms with Crippen molar-refractivity contribution < 1.29 is 4.39 Å². The molecule has 0 saturated carbocycles. The highest BCUT2D eigenvalue weighted by Gasteiger charge is 2.23. The first-order chi connectivity index (χ1) is 13.4. The summed E-state index contributed by atoms with van der Waals surface area (Å²) in [6.07, 6.45) is 0.775. The summed E-state index contributed by atoms with van der Waals surface area (Å²) in [4.78, 5) is 18.7. The number of rotatable bonds is 4. The van der Waals surface area contributed by atoms with Gasteiger partial charge in [-0.2, -0.15) is 0 Å². The Hall–Kier alpha value is -1.76. The summed E-state index contributed by atoms with van der Waals surface area (Å²) < 4.78 is 15.8. The number of nitrogens with zero attached hydrogens (tertiary/aromatic N) is 2. The Morgan fingerprint density at radius 3 is 2.71 bits per heavy atom. The summed E-state index contributed by atoms with van der Waals surface area (Å²) in [6.45, 7) is 4.01. The minimum Gasteiger partial charge on any atom is -0.268 e. The van der Waals surface area contributed by atoms with E-state index in [-0.39, 0.29) is 11.4 Å². The second-order valence-corrected chi connectivity index (χ2v) is 9.20. The van der Waals surface area contributed by atoms with Crippen LogP contribution in [0, 0.1) is 19.7 Å². The van der Waals surface area contributed by atoms with Crippen molar-refractivity contribution in [3.8, 4) is 5.69 Å². The molecule has 4 rings (SSSR count). The first-order valence-corrected chi connectivity index (χ1v) is 11.2. The Morgan fingerprint density at radius 2 is 2.00 bits per heavy atom. The van der Waals surface area contributed by atoms with Gasteiger partial charge in [-0.15, -0.1) is 11.8 Å². The quantitative estimate of drug-likeness (QED) is 0.398. The highest BCUT2D eigenvalue weighted by atomic mass is 35.5. The monoisotopic (exact) mass is 432 g/mol. The molecule has 0 saturated heterocycles. The van der Waals surface area contributed by atoms with E-state index in [9.17, 15) is 9.18 Å². The number of halogens is 2. The van der Waals surface area contributed by atoms with E-state index in [0.29, 0.717) is 26.4 Å². The Balaban J connectivity index is 1.82. The van der Waals surface area contributed by atoms with Crippen LogP contribution >= 0.6 is 35.1 Å². The molecule has 0 unspecified atom stereocenters. The molecule has 1 aliphatic rings. The highest BCUT2D eigenvalue weighted by Crippen LogP contribution is 2.33. The Bertz CT molecular complexity index is 1090. The molecule has 0 fully saturated rings. The fraction of sp³-hybridized carbons (Fsp3) is 0.238. The van der Waals surface area contributed by atoms with Gasteiger partial charge in [0, 0.05) is 28.5 Å². The number of aryl methyl sites for hydroxylation is 3. The van der Waals surface area contributed by atoms with E-state index < -0.39 is 0 Å². The lowest BCUT2D eigenvalue weighted by atomic mass is 10.1. The standard InChI is InChI=1S/C21H18ClFN2OS2/c1-12-8-13(2)10-14(9-12)25-20(26)19-18(6-7-27-19)24-21(25)28-11-15-16(22)4-3-5-17(15)23/h3-5,8-10H,6-7,11H2,1-2H3. The van der Waals surface area contributed by atoms with Crippen molar-refractivity contribution in [3.63, 3.8) is 0 Å². The maximum atomic E-state index is 14.2. The van der Waals surface area contributed by atoms with Gasteiger partial charge in [-0.1, -0.05) is 35.5 Å². The van der Waals surface area contributed by atoms with E-state index in [2.05, 4.69) is 6.07 Å². The van der Waals surface area contributed by atoms with Gasteiger partial charge in [-0.25, -0.2) is 9.37 Å².